The summed E-state index contributed by atoms with van der Waals surface area (Å²) in [4.78, 5) is 0. The SMILES string of the molecule is Cc1ccc(F)cc1-n1nnnc1CNC(C)C. The summed E-state index contributed by atoms with van der Waals surface area (Å²) in [6.07, 6.45) is 0. The number of hydrogen-bond acceptors (Lipinski definition) is 4. The van der Waals surface area contributed by atoms with Gasteiger partial charge < -0.3 is 5.32 Å². The number of aryl methyl sites for hydroxylation is 1. The average molecular weight is 249 g/mol. The van der Waals surface area contributed by atoms with Crippen LogP contribution in [-0.2, 0) is 6.54 Å². The van der Waals surface area contributed by atoms with E-state index in [0.717, 1.165) is 5.56 Å². The molecule has 0 fully saturated rings. The fraction of sp³-hybridized carbons (Fsp3) is 0.417. The lowest BCUT2D eigenvalue weighted by Gasteiger charge is -2.10. The quantitative estimate of drug-likeness (QED) is 0.894. The van der Waals surface area contributed by atoms with Crippen LogP contribution in [0.4, 0.5) is 4.39 Å². The Hall–Kier alpha value is -1.82. The molecular weight excluding hydrogens is 233 g/mol. The summed E-state index contributed by atoms with van der Waals surface area (Å²) in [5.74, 6) is 0.367. The van der Waals surface area contributed by atoms with Gasteiger partial charge in [0.15, 0.2) is 5.82 Å². The van der Waals surface area contributed by atoms with Crippen molar-refractivity contribution in [3.05, 3.63) is 35.4 Å². The molecule has 0 atom stereocenters. The van der Waals surface area contributed by atoms with E-state index in [0.29, 0.717) is 24.1 Å². The molecule has 5 nitrogen and oxygen atoms in total. The Morgan fingerprint density at radius 2 is 2.17 bits per heavy atom. The molecule has 0 spiro atoms. The van der Waals surface area contributed by atoms with Crippen molar-refractivity contribution in [1.29, 1.82) is 0 Å². The first-order valence-electron chi connectivity index (χ1n) is 5.85. The smallest absolute Gasteiger partial charge is 0.170 e. The predicted octanol–water partition coefficient (Wildman–Crippen LogP) is 1.61. The average Bonchev–Trinajstić information content (AvgIpc) is 2.77. The first-order chi connectivity index (χ1) is 8.58. The number of nitrogens with zero attached hydrogens (tertiary/aromatic N) is 4. The Labute approximate surface area is 105 Å². The number of halogens is 1. The van der Waals surface area contributed by atoms with E-state index >= 15 is 0 Å². The maximum atomic E-state index is 13.3. The van der Waals surface area contributed by atoms with Crippen molar-refractivity contribution in [3.8, 4) is 5.69 Å². The van der Waals surface area contributed by atoms with E-state index in [2.05, 4.69) is 20.8 Å². The Balaban J connectivity index is 2.33. The van der Waals surface area contributed by atoms with Gasteiger partial charge in [-0.15, -0.1) is 5.10 Å². The van der Waals surface area contributed by atoms with E-state index in [4.69, 9.17) is 0 Å². The highest BCUT2D eigenvalue weighted by molar-refractivity contribution is 5.40. The minimum Gasteiger partial charge on any atom is -0.308 e. The maximum Gasteiger partial charge on any atom is 0.170 e. The Kier molecular flexibility index (Phi) is 3.66. The molecule has 0 amide bonds. The van der Waals surface area contributed by atoms with Crippen molar-refractivity contribution in [3.63, 3.8) is 0 Å². The van der Waals surface area contributed by atoms with E-state index in [1.54, 1.807) is 10.7 Å². The van der Waals surface area contributed by atoms with Crippen molar-refractivity contribution in [2.45, 2.75) is 33.4 Å². The van der Waals surface area contributed by atoms with Crippen molar-refractivity contribution in [2.24, 2.45) is 0 Å². The summed E-state index contributed by atoms with van der Waals surface area (Å²) in [6.45, 7) is 6.53. The lowest BCUT2D eigenvalue weighted by atomic mass is 10.2. The number of nitrogens with one attached hydrogen (secondary N) is 1. The Bertz CT molecular complexity index is 535. The zero-order valence-electron chi connectivity index (χ0n) is 10.7. The van der Waals surface area contributed by atoms with Crippen LogP contribution in [0.5, 0.6) is 0 Å². The minimum absolute atomic E-state index is 0.297. The second kappa shape index (κ2) is 5.22. The Morgan fingerprint density at radius 3 is 2.89 bits per heavy atom. The highest BCUT2D eigenvalue weighted by Crippen LogP contribution is 2.15. The second-order valence-electron chi connectivity index (χ2n) is 4.47. The normalized spacial score (nSPS) is 11.2. The van der Waals surface area contributed by atoms with Gasteiger partial charge in [0.2, 0.25) is 0 Å². The summed E-state index contributed by atoms with van der Waals surface area (Å²) in [7, 11) is 0. The molecule has 2 rings (SSSR count). The third-order valence-electron chi connectivity index (χ3n) is 2.60. The number of benzene rings is 1. The van der Waals surface area contributed by atoms with Crippen LogP contribution in [0.15, 0.2) is 18.2 Å². The zero-order valence-corrected chi connectivity index (χ0v) is 10.7. The largest absolute Gasteiger partial charge is 0.308 e. The summed E-state index contributed by atoms with van der Waals surface area (Å²) in [5.41, 5.74) is 1.59. The fourth-order valence-corrected chi connectivity index (χ4v) is 1.61. The van der Waals surface area contributed by atoms with Crippen molar-refractivity contribution >= 4 is 0 Å². The highest BCUT2D eigenvalue weighted by Gasteiger charge is 2.11. The number of rotatable bonds is 4. The van der Waals surface area contributed by atoms with Crippen LogP contribution in [0, 0.1) is 12.7 Å². The van der Waals surface area contributed by atoms with Gasteiger partial charge in [-0.2, -0.15) is 4.68 Å². The van der Waals surface area contributed by atoms with Gasteiger partial charge in [-0.05, 0) is 35.0 Å². The van der Waals surface area contributed by atoms with Crippen LogP contribution in [0.2, 0.25) is 0 Å². The molecule has 6 heteroatoms. The topological polar surface area (TPSA) is 55.6 Å². The van der Waals surface area contributed by atoms with Crippen molar-refractivity contribution in [1.82, 2.24) is 25.5 Å². The van der Waals surface area contributed by atoms with E-state index in [-0.39, 0.29) is 5.82 Å². The van der Waals surface area contributed by atoms with Gasteiger partial charge in [0.05, 0.1) is 12.2 Å². The zero-order chi connectivity index (χ0) is 13.1. The van der Waals surface area contributed by atoms with E-state index < -0.39 is 0 Å². The standard InChI is InChI=1S/C12H16FN5/c1-8(2)14-7-12-15-16-17-18(12)11-6-10(13)5-4-9(11)3/h4-6,8,14H,7H2,1-3H3. The lowest BCUT2D eigenvalue weighted by Crippen LogP contribution is -2.24. The molecule has 2 aromatic rings. The van der Waals surface area contributed by atoms with Crippen LogP contribution in [0.25, 0.3) is 5.69 Å². The molecule has 1 aromatic carbocycles. The van der Waals surface area contributed by atoms with E-state index in [1.165, 1.54) is 12.1 Å². The number of tetrazole rings is 1. The molecule has 96 valence electrons. The van der Waals surface area contributed by atoms with Gasteiger partial charge in [0.1, 0.15) is 5.82 Å². The van der Waals surface area contributed by atoms with Gasteiger partial charge in [-0.25, -0.2) is 4.39 Å². The highest BCUT2D eigenvalue weighted by atomic mass is 19.1. The van der Waals surface area contributed by atoms with Gasteiger partial charge >= 0.3 is 0 Å². The maximum absolute atomic E-state index is 13.3. The van der Waals surface area contributed by atoms with Gasteiger partial charge in [0, 0.05) is 6.04 Å². The van der Waals surface area contributed by atoms with Gasteiger partial charge in [-0.3, -0.25) is 0 Å². The van der Waals surface area contributed by atoms with Crippen LogP contribution < -0.4 is 5.32 Å². The molecule has 0 unspecified atom stereocenters. The third-order valence-corrected chi connectivity index (χ3v) is 2.60. The van der Waals surface area contributed by atoms with Crippen molar-refractivity contribution < 1.29 is 4.39 Å². The number of hydrogen-bond donors (Lipinski definition) is 1. The molecule has 1 heterocycles. The van der Waals surface area contributed by atoms with E-state index in [9.17, 15) is 4.39 Å². The molecule has 0 aliphatic heterocycles. The van der Waals surface area contributed by atoms with E-state index in [1.807, 2.05) is 20.8 Å². The molecular formula is C12H16FN5. The molecule has 0 aliphatic carbocycles. The van der Waals surface area contributed by atoms with Gasteiger partial charge in [0.25, 0.3) is 0 Å². The summed E-state index contributed by atoms with van der Waals surface area (Å²) in [5, 5.41) is 14.8. The summed E-state index contributed by atoms with van der Waals surface area (Å²) < 4.78 is 14.9. The molecule has 0 saturated heterocycles. The first kappa shape index (κ1) is 12.6. The van der Waals surface area contributed by atoms with Crippen molar-refractivity contribution in [2.75, 3.05) is 0 Å². The van der Waals surface area contributed by atoms with Crippen LogP contribution in [0.3, 0.4) is 0 Å². The van der Waals surface area contributed by atoms with Gasteiger partial charge in [-0.1, -0.05) is 19.9 Å². The molecule has 1 N–H and O–H groups in total. The fourth-order valence-electron chi connectivity index (χ4n) is 1.61. The molecule has 0 bridgehead atoms. The molecule has 0 saturated carbocycles. The molecule has 0 radical (unpaired) electrons. The van der Waals surface area contributed by atoms with Crippen LogP contribution >= 0.6 is 0 Å². The summed E-state index contributed by atoms with van der Waals surface area (Å²) >= 11 is 0. The summed E-state index contributed by atoms with van der Waals surface area (Å²) in [6, 6.07) is 4.91. The minimum atomic E-state index is -0.297. The predicted molar refractivity (Wildman–Crippen MR) is 65.8 cm³/mol. The number of aromatic nitrogens is 4. The molecule has 18 heavy (non-hydrogen) atoms. The monoisotopic (exact) mass is 249 g/mol. The third kappa shape index (κ3) is 2.70. The second-order valence-corrected chi connectivity index (χ2v) is 4.47. The lowest BCUT2D eigenvalue weighted by molar-refractivity contribution is 0.561. The Morgan fingerprint density at radius 1 is 1.39 bits per heavy atom. The first-order valence-corrected chi connectivity index (χ1v) is 5.85. The molecule has 0 aliphatic rings. The molecule has 1 aromatic heterocycles. The van der Waals surface area contributed by atoms with Crippen LogP contribution in [-0.4, -0.2) is 26.2 Å². The van der Waals surface area contributed by atoms with Crippen LogP contribution in [0.1, 0.15) is 25.2 Å².